The Kier molecular flexibility index (Phi) is 3.10. The van der Waals surface area contributed by atoms with Crippen LogP contribution in [-0.2, 0) is 4.79 Å². The van der Waals surface area contributed by atoms with Gasteiger partial charge in [-0.05, 0) is 24.3 Å². The molecule has 0 bridgehead atoms. The van der Waals surface area contributed by atoms with Crippen LogP contribution in [0.5, 0.6) is 0 Å². The molecule has 2 N–H and O–H groups in total. The highest BCUT2D eigenvalue weighted by atomic mass is 16.3. The molecular formula is C12H14N2O3. The van der Waals surface area contributed by atoms with E-state index in [0.717, 1.165) is 0 Å². The highest BCUT2D eigenvalue weighted by molar-refractivity contribution is 5.96. The molecule has 5 heteroatoms. The summed E-state index contributed by atoms with van der Waals surface area (Å²) < 4.78 is 0. The average molecular weight is 234 g/mol. The van der Waals surface area contributed by atoms with Gasteiger partial charge in [-0.2, -0.15) is 0 Å². The van der Waals surface area contributed by atoms with Crippen molar-refractivity contribution in [1.29, 1.82) is 0 Å². The van der Waals surface area contributed by atoms with Crippen LogP contribution in [0.25, 0.3) is 0 Å². The van der Waals surface area contributed by atoms with Crippen molar-refractivity contribution in [2.75, 3.05) is 18.4 Å². The van der Waals surface area contributed by atoms with E-state index < -0.39 is 6.10 Å². The number of anilines is 1. The van der Waals surface area contributed by atoms with Crippen LogP contribution in [0, 0.1) is 0 Å². The quantitative estimate of drug-likeness (QED) is 0.781. The Morgan fingerprint density at radius 2 is 1.88 bits per heavy atom. The summed E-state index contributed by atoms with van der Waals surface area (Å²) in [6.45, 7) is 2.22. The van der Waals surface area contributed by atoms with Crippen molar-refractivity contribution in [3.63, 3.8) is 0 Å². The molecule has 1 aromatic rings. The number of β-amino-alcohol motifs (C(OH)–C–C–N with tert-alkyl or cyclic N) is 1. The second-order valence-electron chi connectivity index (χ2n) is 4.12. The number of likely N-dealkylation sites (tertiary alicyclic amines) is 1. The van der Waals surface area contributed by atoms with Gasteiger partial charge in [-0.3, -0.25) is 9.59 Å². The van der Waals surface area contributed by atoms with Gasteiger partial charge in [0.15, 0.2) is 0 Å². The number of hydrogen-bond acceptors (Lipinski definition) is 3. The molecule has 1 aliphatic rings. The monoisotopic (exact) mass is 234 g/mol. The molecule has 0 atom stereocenters. The van der Waals surface area contributed by atoms with Crippen molar-refractivity contribution in [3.8, 4) is 0 Å². The fraction of sp³-hybridized carbons (Fsp3) is 0.333. The molecule has 1 aromatic carbocycles. The Bertz CT molecular complexity index is 436. The first-order chi connectivity index (χ1) is 8.06. The summed E-state index contributed by atoms with van der Waals surface area (Å²) in [7, 11) is 0. The Hall–Kier alpha value is -1.88. The minimum absolute atomic E-state index is 0.0929. The fourth-order valence-electron chi connectivity index (χ4n) is 1.70. The van der Waals surface area contributed by atoms with E-state index in [4.69, 9.17) is 5.11 Å². The van der Waals surface area contributed by atoms with Gasteiger partial charge in [-0.1, -0.05) is 0 Å². The molecule has 90 valence electrons. The van der Waals surface area contributed by atoms with Crippen LogP contribution in [0.1, 0.15) is 17.3 Å². The van der Waals surface area contributed by atoms with Crippen molar-refractivity contribution in [2.24, 2.45) is 0 Å². The number of hydrogen-bond donors (Lipinski definition) is 2. The van der Waals surface area contributed by atoms with Gasteiger partial charge in [0, 0.05) is 31.3 Å². The molecule has 1 heterocycles. The minimum Gasteiger partial charge on any atom is -0.389 e. The zero-order valence-corrected chi connectivity index (χ0v) is 9.51. The average Bonchev–Trinajstić information content (AvgIpc) is 2.24. The molecule has 0 unspecified atom stereocenters. The van der Waals surface area contributed by atoms with Crippen molar-refractivity contribution in [3.05, 3.63) is 29.8 Å². The molecule has 0 aliphatic carbocycles. The van der Waals surface area contributed by atoms with Gasteiger partial charge in [0.2, 0.25) is 5.91 Å². The molecular weight excluding hydrogens is 220 g/mol. The topological polar surface area (TPSA) is 69.6 Å². The molecule has 0 spiro atoms. The summed E-state index contributed by atoms with van der Waals surface area (Å²) in [6, 6.07) is 6.70. The lowest BCUT2D eigenvalue weighted by molar-refractivity contribution is -0.114. The number of aliphatic hydroxyl groups excluding tert-OH is 1. The zero-order chi connectivity index (χ0) is 12.4. The maximum atomic E-state index is 11.8. The maximum Gasteiger partial charge on any atom is 0.254 e. The van der Waals surface area contributed by atoms with Gasteiger partial charge in [-0.15, -0.1) is 0 Å². The normalized spacial score (nSPS) is 15.3. The summed E-state index contributed by atoms with van der Waals surface area (Å²) in [6.07, 6.45) is -0.391. The Morgan fingerprint density at radius 3 is 2.35 bits per heavy atom. The largest absolute Gasteiger partial charge is 0.389 e. The van der Waals surface area contributed by atoms with Gasteiger partial charge < -0.3 is 15.3 Å². The minimum atomic E-state index is -0.391. The van der Waals surface area contributed by atoms with Crippen LogP contribution in [0.2, 0.25) is 0 Å². The molecule has 2 amide bonds. The van der Waals surface area contributed by atoms with E-state index in [-0.39, 0.29) is 11.8 Å². The predicted molar refractivity (Wildman–Crippen MR) is 62.7 cm³/mol. The molecule has 1 fully saturated rings. The number of benzene rings is 1. The Balaban J connectivity index is 2.02. The SMILES string of the molecule is CC(=O)Nc1ccc(C(=O)N2CC(O)C2)cc1. The van der Waals surface area contributed by atoms with E-state index in [1.54, 1.807) is 29.2 Å². The number of nitrogens with one attached hydrogen (secondary N) is 1. The lowest BCUT2D eigenvalue weighted by Gasteiger charge is -2.35. The third kappa shape index (κ3) is 2.62. The van der Waals surface area contributed by atoms with E-state index in [2.05, 4.69) is 5.32 Å². The van der Waals surface area contributed by atoms with E-state index in [0.29, 0.717) is 24.3 Å². The van der Waals surface area contributed by atoms with Crippen LogP contribution < -0.4 is 5.32 Å². The summed E-state index contributed by atoms with van der Waals surface area (Å²) in [4.78, 5) is 24.2. The van der Waals surface area contributed by atoms with E-state index in [1.165, 1.54) is 6.92 Å². The molecule has 0 saturated carbocycles. The second kappa shape index (κ2) is 4.55. The molecule has 0 radical (unpaired) electrons. The summed E-state index contributed by atoms with van der Waals surface area (Å²) in [5.41, 5.74) is 1.23. The number of rotatable bonds is 2. The highest BCUT2D eigenvalue weighted by Gasteiger charge is 2.29. The molecule has 2 rings (SSSR count). The Morgan fingerprint density at radius 1 is 1.29 bits per heavy atom. The predicted octanol–water partition coefficient (Wildman–Crippen LogP) is 0.462. The first-order valence-corrected chi connectivity index (χ1v) is 5.41. The van der Waals surface area contributed by atoms with Crippen LogP contribution in [0.15, 0.2) is 24.3 Å². The summed E-state index contributed by atoms with van der Waals surface area (Å²) >= 11 is 0. The molecule has 5 nitrogen and oxygen atoms in total. The van der Waals surface area contributed by atoms with Crippen LogP contribution >= 0.6 is 0 Å². The van der Waals surface area contributed by atoms with E-state index in [1.807, 2.05) is 0 Å². The maximum absolute atomic E-state index is 11.8. The smallest absolute Gasteiger partial charge is 0.254 e. The van der Waals surface area contributed by atoms with Crippen LogP contribution in [0.3, 0.4) is 0 Å². The van der Waals surface area contributed by atoms with Gasteiger partial charge in [-0.25, -0.2) is 0 Å². The van der Waals surface area contributed by atoms with Crippen LogP contribution in [-0.4, -0.2) is 41.0 Å². The van der Waals surface area contributed by atoms with Gasteiger partial charge in [0.1, 0.15) is 0 Å². The van der Waals surface area contributed by atoms with Crippen LogP contribution in [0.4, 0.5) is 5.69 Å². The first-order valence-electron chi connectivity index (χ1n) is 5.41. The molecule has 17 heavy (non-hydrogen) atoms. The first kappa shape index (κ1) is 11.6. The second-order valence-corrected chi connectivity index (χ2v) is 4.12. The van der Waals surface area contributed by atoms with E-state index in [9.17, 15) is 9.59 Å². The number of aliphatic hydroxyl groups is 1. The van der Waals surface area contributed by atoms with Crippen molar-refractivity contribution < 1.29 is 14.7 Å². The molecule has 0 aromatic heterocycles. The summed E-state index contributed by atoms with van der Waals surface area (Å²) in [5.74, 6) is -0.236. The third-order valence-electron chi connectivity index (χ3n) is 2.60. The molecule has 1 saturated heterocycles. The lowest BCUT2D eigenvalue weighted by Crippen LogP contribution is -2.53. The Labute approximate surface area is 99.0 Å². The number of carbonyl (C=O) groups is 2. The van der Waals surface area contributed by atoms with Crippen molar-refractivity contribution in [2.45, 2.75) is 13.0 Å². The third-order valence-corrected chi connectivity index (χ3v) is 2.60. The number of nitrogens with zero attached hydrogens (tertiary/aromatic N) is 1. The van der Waals surface area contributed by atoms with Gasteiger partial charge in [0.05, 0.1) is 6.10 Å². The van der Waals surface area contributed by atoms with Gasteiger partial charge in [0.25, 0.3) is 5.91 Å². The summed E-state index contributed by atoms with van der Waals surface area (Å²) in [5, 5.41) is 11.7. The zero-order valence-electron chi connectivity index (χ0n) is 9.51. The van der Waals surface area contributed by atoms with Crippen molar-refractivity contribution in [1.82, 2.24) is 4.90 Å². The fourth-order valence-corrected chi connectivity index (χ4v) is 1.70. The molecule has 1 aliphatic heterocycles. The number of amides is 2. The number of carbonyl (C=O) groups excluding carboxylic acids is 2. The van der Waals surface area contributed by atoms with Crippen molar-refractivity contribution >= 4 is 17.5 Å². The standard InChI is InChI=1S/C12H14N2O3/c1-8(15)13-10-4-2-9(3-5-10)12(17)14-6-11(16)7-14/h2-5,11,16H,6-7H2,1H3,(H,13,15). The van der Waals surface area contributed by atoms with E-state index >= 15 is 0 Å². The lowest BCUT2D eigenvalue weighted by atomic mass is 10.1. The highest BCUT2D eigenvalue weighted by Crippen LogP contribution is 2.15. The van der Waals surface area contributed by atoms with Gasteiger partial charge >= 0.3 is 0 Å².